The molecule has 0 bridgehead atoms. The van der Waals surface area contributed by atoms with Crippen molar-refractivity contribution in [3.63, 3.8) is 0 Å². The smallest absolute Gasteiger partial charge is 0.264 e. The molecule has 10 heteroatoms. The molecule has 0 heterocycles. The summed E-state index contributed by atoms with van der Waals surface area (Å²) >= 11 is 12.6. The van der Waals surface area contributed by atoms with Crippen molar-refractivity contribution in [2.75, 3.05) is 17.4 Å². The lowest BCUT2D eigenvalue weighted by Crippen LogP contribution is -2.53. The van der Waals surface area contributed by atoms with Crippen molar-refractivity contribution in [1.29, 1.82) is 0 Å². The summed E-state index contributed by atoms with van der Waals surface area (Å²) in [6, 6.07) is 28.7. The van der Waals surface area contributed by atoms with Gasteiger partial charge in [0.15, 0.2) is 0 Å². The van der Waals surface area contributed by atoms with E-state index in [2.05, 4.69) is 5.32 Å². The van der Waals surface area contributed by atoms with Crippen LogP contribution < -0.4 is 9.62 Å². The Balaban J connectivity index is 1.82. The quantitative estimate of drug-likeness (QED) is 0.134. The fourth-order valence-electron chi connectivity index (χ4n) is 5.18. The van der Waals surface area contributed by atoms with E-state index >= 15 is 0 Å². The zero-order valence-corrected chi connectivity index (χ0v) is 28.4. The number of nitrogens with zero attached hydrogens (tertiary/aromatic N) is 2. The lowest BCUT2D eigenvalue weighted by molar-refractivity contribution is -0.140. The van der Waals surface area contributed by atoms with Gasteiger partial charge in [0.05, 0.1) is 20.6 Å². The number of hydrogen-bond donors (Lipinski definition) is 1. The van der Waals surface area contributed by atoms with Crippen molar-refractivity contribution in [1.82, 2.24) is 10.2 Å². The maximum Gasteiger partial charge on any atom is 0.264 e. The number of carbonyl (C=O) groups is 2. The van der Waals surface area contributed by atoms with Crippen LogP contribution in [0.1, 0.15) is 43.4 Å². The van der Waals surface area contributed by atoms with Crippen LogP contribution in [0, 0.1) is 0 Å². The van der Waals surface area contributed by atoms with Crippen LogP contribution in [-0.4, -0.2) is 44.3 Å². The van der Waals surface area contributed by atoms with Gasteiger partial charge in [-0.05, 0) is 59.9 Å². The molecular weight excluding hydrogens is 641 g/mol. The molecule has 0 aliphatic rings. The minimum absolute atomic E-state index is 0.00305. The van der Waals surface area contributed by atoms with Crippen LogP contribution in [0.2, 0.25) is 10.0 Å². The zero-order chi connectivity index (χ0) is 33.1. The molecule has 0 radical (unpaired) electrons. The fourth-order valence-corrected chi connectivity index (χ4v) is 6.97. The molecular formula is C36H39Cl2N3O4S. The highest BCUT2D eigenvalue weighted by atomic mass is 35.5. The minimum Gasteiger partial charge on any atom is -0.354 e. The molecule has 4 aromatic rings. The summed E-state index contributed by atoms with van der Waals surface area (Å²) in [7, 11) is -4.18. The van der Waals surface area contributed by atoms with Crippen LogP contribution in [-0.2, 0) is 39.0 Å². The molecule has 0 saturated carbocycles. The number of para-hydroxylation sites is 1. The van der Waals surface area contributed by atoms with Gasteiger partial charge in [-0.15, -0.1) is 0 Å². The van der Waals surface area contributed by atoms with Gasteiger partial charge < -0.3 is 10.2 Å². The summed E-state index contributed by atoms with van der Waals surface area (Å²) in [5.74, 6) is -0.861. The molecule has 4 aromatic carbocycles. The summed E-state index contributed by atoms with van der Waals surface area (Å²) in [5, 5.41) is 3.66. The number of unbranched alkanes of at least 4 members (excludes halogenated alkanes) is 1. The first-order valence-corrected chi connectivity index (χ1v) is 17.6. The minimum atomic E-state index is -4.18. The first kappa shape index (κ1) is 35.0. The van der Waals surface area contributed by atoms with Gasteiger partial charge in [0, 0.05) is 19.5 Å². The average Bonchev–Trinajstić information content (AvgIpc) is 3.07. The first-order chi connectivity index (χ1) is 22.1. The van der Waals surface area contributed by atoms with Gasteiger partial charge in [-0.3, -0.25) is 13.9 Å². The number of rotatable bonds is 15. The number of benzene rings is 4. The Labute approximate surface area is 282 Å². The third-order valence-electron chi connectivity index (χ3n) is 7.69. The van der Waals surface area contributed by atoms with Crippen LogP contribution in [0.25, 0.3) is 0 Å². The van der Waals surface area contributed by atoms with Crippen LogP contribution in [0.15, 0.2) is 108 Å². The van der Waals surface area contributed by atoms with Crippen molar-refractivity contribution in [2.45, 2.75) is 57.0 Å². The Morgan fingerprint density at radius 1 is 0.804 bits per heavy atom. The van der Waals surface area contributed by atoms with Gasteiger partial charge in [0.2, 0.25) is 11.8 Å². The maximum absolute atomic E-state index is 14.6. The number of nitrogens with one attached hydrogen (secondary N) is 1. The molecule has 1 atom stereocenters. The zero-order valence-electron chi connectivity index (χ0n) is 26.0. The van der Waals surface area contributed by atoms with E-state index in [-0.39, 0.29) is 23.8 Å². The van der Waals surface area contributed by atoms with E-state index in [1.54, 1.807) is 48.5 Å². The number of carbonyl (C=O) groups excluding carboxylic acids is 2. The van der Waals surface area contributed by atoms with Crippen LogP contribution in [0.5, 0.6) is 0 Å². The summed E-state index contributed by atoms with van der Waals surface area (Å²) in [4.78, 5) is 30.0. The summed E-state index contributed by atoms with van der Waals surface area (Å²) in [6.07, 6.45) is 2.44. The first-order valence-electron chi connectivity index (χ1n) is 15.4. The molecule has 0 aliphatic carbocycles. The molecule has 0 spiro atoms. The van der Waals surface area contributed by atoms with E-state index in [0.29, 0.717) is 34.3 Å². The monoisotopic (exact) mass is 679 g/mol. The molecule has 2 amide bonds. The van der Waals surface area contributed by atoms with Crippen molar-refractivity contribution in [3.05, 3.63) is 130 Å². The standard InChI is InChI=1S/C36H39Cl2N3O4S/c1-3-5-22-39-36(43)34(24-27-14-8-6-9-15-27)40(25-28-20-21-31(37)32(38)23-28)35(42)26-41(33-19-13-12-16-29(33)4-2)46(44,45)30-17-10-7-11-18-30/h6-21,23,34H,3-5,22,24-26H2,1-2H3,(H,39,43). The van der Waals surface area contributed by atoms with Crippen LogP contribution in [0.3, 0.4) is 0 Å². The molecule has 0 fully saturated rings. The Hall–Kier alpha value is -3.85. The highest BCUT2D eigenvalue weighted by molar-refractivity contribution is 7.92. The number of hydrogen-bond acceptors (Lipinski definition) is 4. The van der Waals surface area contributed by atoms with Crippen molar-refractivity contribution >= 4 is 50.7 Å². The van der Waals surface area contributed by atoms with E-state index in [9.17, 15) is 18.0 Å². The number of anilines is 1. The Kier molecular flexibility index (Phi) is 12.7. The van der Waals surface area contributed by atoms with Gasteiger partial charge in [-0.25, -0.2) is 8.42 Å². The van der Waals surface area contributed by atoms with Crippen molar-refractivity contribution < 1.29 is 18.0 Å². The van der Waals surface area contributed by atoms with E-state index in [0.717, 1.165) is 28.3 Å². The third-order valence-corrected chi connectivity index (χ3v) is 10.2. The van der Waals surface area contributed by atoms with Gasteiger partial charge in [0.1, 0.15) is 12.6 Å². The Morgan fingerprint density at radius 3 is 2.11 bits per heavy atom. The van der Waals surface area contributed by atoms with Crippen LogP contribution in [0.4, 0.5) is 5.69 Å². The molecule has 4 rings (SSSR count). The fraction of sp³-hybridized carbons (Fsp3) is 0.278. The topological polar surface area (TPSA) is 86.8 Å². The Morgan fingerprint density at radius 2 is 1.46 bits per heavy atom. The largest absolute Gasteiger partial charge is 0.354 e. The molecule has 1 unspecified atom stereocenters. The second kappa shape index (κ2) is 16.6. The SMILES string of the molecule is CCCCNC(=O)C(Cc1ccccc1)N(Cc1ccc(Cl)c(Cl)c1)C(=O)CN(c1ccccc1CC)S(=O)(=O)c1ccccc1. The Bertz CT molecular complexity index is 1720. The van der Waals surface area contributed by atoms with E-state index in [1.165, 1.54) is 17.0 Å². The molecule has 46 heavy (non-hydrogen) atoms. The molecule has 1 N–H and O–H groups in total. The predicted octanol–water partition coefficient (Wildman–Crippen LogP) is 7.31. The second-order valence-corrected chi connectivity index (χ2v) is 13.6. The van der Waals surface area contributed by atoms with E-state index in [4.69, 9.17) is 23.2 Å². The normalized spacial score (nSPS) is 11.9. The van der Waals surface area contributed by atoms with E-state index < -0.39 is 28.5 Å². The predicted molar refractivity (Wildman–Crippen MR) is 186 cm³/mol. The summed E-state index contributed by atoms with van der Waals surface area (Å²) in [5.41, 5.74) is 2.68. The summed E-state index contributed by atoms with van der Waals surface area (Å²) < 4.78 is 29.6. The maximum atomic E-state index is 14.6. The van der Waals surface area contributed by atoms with Gasteiger partial charge in [-0.1, -0.05) is 116 Å². The third kappa shape index (κ3) is 8.90. The number of halogens is 2. The van der Waals surface area contributed by atoms with Gasteiger partial charge in [-0.2, -0.15) is 0 Å². The van der Waals surface area contributed by atoms with Crippen molar-refractivity contribution in [2.24, 2.45) is 0 Å². The highest BCUT2D eigenvalue weighted by Gasteiger charge is 2.35. The molecule has 0 saturated heterocycles. The summed E-state index contributed by atoms with van der Waals surface area (Å²) in [6.45, 7) is 3.89. The van der Waals surface area contributed by atoms with Crippen LogP contribution >= 0.6 is 23.2 Å². The van der Waals surface area contributed by atoms with Crippen molar-refractivity contribution in [3.8, 4) is 0 Å². The number of amides is 2. The lowest BCUT2D eigenvalue weighted by atomic mass is 10.0. The van der Waals surface area contributed by atoms with Gasteiger partial charge >= 0.3 is 0 Å². The average molecular weight is 681 g/mol. The lowest BCUT2D eigenvalue weighted by Gasteiger charge is -2.34. The highest BCUT2D eigenvalue weighted by Crippen LogP contribution is 2.29. The number of aryl methyl sites for hydroxylation is 1. The number of sulfonamides is 1. The molecule has 242 valence electrons. The molecule has 7 nitrogen and oxygen atoms in total. The van der Waals surface area contributed by atoms with E-state index in [1.807, 2.05) is 56.3 Å². The molecule has 0 aliphatic heterocycles. The van der Waals surface area contributed by atoms with Gasteiger partial charge in [0.25, 0.3) is 10.0 Å². The second-order valence-electron chi connectivity index (χ2n) is 10.9. The molecule has 0 aromatic heterocycles.